The van der Waals surface area contributed by atoms with E-state index in [1.807, 2.05) is 24.3 Å². The van der Waals surface area contributed by atoms with Gasteiger partial charge in [0.2, 0.25) is 0 Å². The smallest absolute Gasteiger partial charge is 0.168 e. The van der Waals surface area contributed by atoms with Gasteiger partial charge in [0.15, 0.2) is 11.6 Å². The summed E-state index contributed by atoms with van der Waals surface area (Å²) in [5.41, 5.74) is 0.840. The third-order valence-corrected chi connectivity index (χ3v) is 4.46. The van der Waals surface area contributed by atoms with Crippen LogP contribution in [0.2, 0.25) is 0 Å². The fourth-order valence-corrected chi connectivity index (χ4v) is 3.06. The van der Waals surface area contributed by atoms with Crippen LogP contribution in [0.4, 0.5) is 8.78 Å². The van der Waals surface area contributed by atoms with Crippen molar-refractivity contribution in [3.8, 4) is 11.5 Å². The highest BCUT2D eigenvalue weighted by atomic mass is 19.1. The Balaban J connectivity index is 1.80. The van der Waals surface area contributed by atoms with Crippen molar-refractivity contribution in [3.05, 3.63) is 59.7 Å². The third kappa shape index (κ3) is 4.71. The summed E-state index contributed by atoms with van der Waals surface area (Å²) in [5.74, 6) is -0.625. The number of para-hydroxylation sites is 1. The monoisotopic (exact) mass is 363 g/mol. The van der Waals surface area contributed by atoms with Gasteiger partial charge in [0, 0.05) is 37.7 Å². The molecule has 26 heavy (non-hydrogen) atoms. The molecule has 1 saturated heterocycles. The van der Waals surface area contributed by atoms with Gasteiger partial charge < -0.3 is 14.2 Å². The Bertz CT molecular complexity index is 720. The SMILES string of the molecule is COc1ccccc1C(CCN1CCOCC1)Oc1ccc(F)cc1F. The molecule has 1 aliphatic rings. The van der Waals surface area contributed by atoms with Crippen LogP contribution in [-0.2, 0) is 4.74 Å². The largest absolute Gasteiger partial charge is 0.496 e. The highest BCUT2D eigenvalue weighted by Gasteiger charge is 2.21. The maximum absolute atomic E-state index is 14.1. The molecule has 1 aliphatic heterocycles. The normalized spacial score (nSPS) is 16.3. The van der Waals surface area contributed by atoms with Gasteiger partial charge in [0.25, 0.3) is 0 Å². The Morgan fingerprint density at radius 1 is 1.08 bits per heavy atom. The van der Waals surface area contributed by atoms with Gasteiger partial charge in [0.1, 0.15) is 17.7 Å². The molecule has 0 aliphatic carbocycles. The molecule has 140 valence electrons. The molecule has 0 radical (unpaired) electrons. The second kappa shape index (κ2) is 8.96. The standard InChI is InChI=1S/C20H23F2NO3/c1-24-18-5-3-2-4-16(18)19(8-9-23-10-12-25-13-11-23)26-20-7-6-15(21)14-17(20)22/h2-7,14,19H,8-13H2,1H3. The topological polar surface area (TPSA) is 30.9 Å². The van der Waals surface area contributed by atoms with Crippen LogP contribution in [0.25, 0.3) is 0 Å². The quantitative estimate of drug-likeness (QED) is 0.748. The minimum absolute atomic E-state index is 0.0317. The summed E-state index contributed by atoms with van der Waals surface area (Å²) >= 11 is 0. The van der Waals surface area contributed by atoms with Gasteiger partial charge in [-0.15, -0.1) is 0 Å². The van der Waals surface area contributed by atoms with Crippen LogP contribution in [-0.4, -0.2) is 44.9 Å². The van der Waals surface area contributed by atoms with Crippen molar-refractivity contribution in [2.75, 3.05) is 40.0 Å². The van der Waals surface area contributed by atoms with E-state index in [0.29, 0.717) is 25.4 Å². The molecule has 0 N–H and O–H groups in total. The number of methoxy groups -OCH3 is 1. The first-order chi connectivity index (χ1) is 12.7. The number of halogens is 2. The molecule has 2 aromatic rings. The summed E-state index contributed by atoms with van der Waals surface area (Å²) in [7, 11) is 1.59. The fourth-order valence-electron chi connectivity index (χ4n) is 3.06. The second-order valence-corrected chi connectivity index (χ2v) is 6.17. The number of hydrogen-bond acceptors (Lipinski definition) is 4. The molecule has 0 saturated carbocycles. The summed E-state index contributed by atoms with van der Waals surface area (Å²) < 4.78 is 44.0. The Morgan fingerprint density at radius 2 is 1.85 bits per heavy atom. The maximum atomic E-state index is 14.1. The van der Waals surface area contributed by atoms with E-state index in [1.54, 1.807) is 7.11 Å². The van der Waals surface area contributed by atoms with Gasteiger partial charge in [-0.1, -0.05) is 18.2 Å². The molecule has 0 spiro atoms. The molecule has 1 heterocycles. The van der Waals surface area contributed by atoms with Crippen molar-refractivity contribution < 1.29 is 23.0 Å². The molecule has 2 aromatic carbocycles. The summed E-state index contributed by atoms with van der Waals surface area (Å²) in [6.07, 6.45) is 0.242. The van der Waals surface area contributed by atoms with Crippen LogP contribution in [0.15, 0.2) is 42.5 Å². The molecule has 0 aromatic heterocycles. The maximum Gasteiger partial charge on any atom is 0.168 e. The fraction of sp³-hybridized carbons (Fsp3) is 0.400. The van der Waals surface area contributed by atoms with E-state index in [1.165, 1.54) is 12.1 Å². The lowest BCUT2D eigenvalue weighted by Gasteiger charge is -2.29. The van der Waals surface area contributed by atoms with E-state index in [4.69, 9.17) is 14.2 Å². The number of hydrogen-bond donors (Lipinski definition) is 0. The Kier molecular flexibility index (Phi) is 6.41. The lowest BCUT2D eigenvalue weighted by molar-refractivity contribution is 0.0314. The zero-order valence-electron chi connectivity index (χ0n) is 14.8. The van der Waals surface area contributed by atoms with Gasteiger partial charge in [-0.2, -0.15) is 0 Å². The zero-order chi connectivity index (χ0) is 18.4. The van der Waals surface area contributed by atoms with Crippen LogP contribution < -0.4 is 9.47 Å². The summed E-state index contributed by atoms with van der Waals surface area (Å²) in [5, 5.41) is 0. The van der Waals surface area contributed by atoms with E-state index < -0.39 is 17.7 Å². The molecule has 1 fully saturated rings. The number of morpholine rings is 1. The Hall–Kier alpha value is -2.18. The van der Waals surface area contributed by atoms with Crippen LogP contribution in [0.5, 0.6) is 11.5 Å². The van der Waals surface area contributed by atoms with Crippen molar-refractivity contribution >= 4 is 0 Å². The summed E-state index contributed by atoms with van der Waals surface area (Å²) in [4.78, 5) is 2.29. The first kappa shape index (κ1) is 18.6. The lowest BCUT2D eigenvalue weighted by Crippen LogP contribution is -2.37. The molecule has 0 bridgehead atoms. The van der Waals surface area contributed by atoms with E-state index in [0.717, 1.165) is 31.3 Å². The highest BCUT2D eigenvalue weighted by molar-refractivity contribution is 5.36. The average molecular weight is 363 g/mol. The predicted molar refractivity (Wildman–Crippen MR) is 94.6 cm³/mol. The molecule has 1 atom stereocenters. The second-order valence-electron chi connectivity index (χ2n) is 6.17. The van der Waals surface area contributed by atoms with Crippen molar-refractivity contribution in [3.63, 3.8) is 0 Å². The first-order valence-corrected chi connectivity index (χ1v) is 8.72. The van der Waals surface area contributed by atoms with Crippen molar-refractivity contribution in [2.24, 2.45) is 0 Å². The van der Waals surface area contributed by atoms with Crippen LogP contribution >= 0.6 is 0 Å². The molecular weight excluding hydrogens is 340 g/mol. The van der Waals surface area contributed by atoms with Gasteiger partial charge in [-0.3, -0.25) is 4.90 Å². The van der Waals surface area contributed by atoms with Gasteiger partial charge in [0.05, 0.1) is 20.3 Å². The Morgan fingerprint density at radius 3 is 2.58 bits per heavy atom. The number of nitrogens with zero attached hydrogens (tertiary/aromatic N) is 1. The van der Waals surface area contributed by atoms with Crippen molar-refractivity contribution in [2.45, 2.75) is 12.5 Å². The molecule has 0 amide bonds. The summed E-state index contributed by atoms with van der Waals surface area (Å²) in [6, 6.07) is 10.9. The minimum Gasteiger partial charge on any atom is -0.496 e. The molecular formula is C20H23F2NO3. The molecule has 4 nitrogen and oxygen atoms in total. The summed E-state index contributed by atoms with van der Waals surface area (Å²) in [6.45, 7) is 3.95. The average Bonchev–Trinajstić information content (AvgIpc) is 2.67. The molecule has 6 heteroatoms. The number of ether oxygens (including phenoxy) is 3. The number of rotatable bonds is 7. The van der Waals surface area contributed by atoms with Crippen molar-refractivity contribution in [1.29, 1.82) is 0 Å². The van der Waals surface area contributed by atoms with Crippen LogP contribution in [0.3, 0.4) is 0 Å². The van der Waals surface area contributed by atoms with Gasteiger partial charge in [-0.25, -0.2) is 8.78 Å². The van der Waals surface area contributed by atoms with Crippen LogP contribution in [0.1, 0.15) is 18.1 Å². The zero-order valence-corrected chi connectivity index (χ0v) is 14.8. The van der Waals surface area contributed by atoms with Gasteiger partial charge in [-0.05, 0) is 18.2 Å². The van der Waals surface area contributed by atoms with E-state index >= 15 is 0 Å². The first-order valence-electron chi connectivity index (χ1n) is 8.72. The van der Waals surface area contributed by atoms with E-state index in [9.17, 15) is 8.78 Å². The molecule has 1 unspecified atom stereocenters. The van der Waals surface area contributed by atoms with E-state index in [2.05, 4.69) is 4.90 Å². The minimum atomic E-state index is -0.712. The van der Waals surface area contributed by atoms with Crippen LogP contribution in [0, 0.1) is 11.6 Å². The third-order valence-electron chi connectivity index (χ3n) is 4.46. The van der Waals surface area contributed by atoms with Crippen molar-refractivity contribution in [1.82, 2.24) is 4.90 Å². The molecule has 3 rings (SSSR count). The highest BCUT2D eigenvalue weighted by Crippen LogP contribution is 2.32. The van der Waals surface area contributed by atoms with E-state index in [-0.39, 0.29) is 5.75 Å². The Labute approximate surface area is 152 Å². The lowest BCUT2D eigenvalue weighted by atomic mass is 10.0. The number of benzene rings is 2. The van der Waals surface area contributed by atoms with Gasteiger partial charge >= 0.3 is 0 Å². The predicted octanol–water partition coefficient (Wildman–Crippen LogP) is 3.82.